The van der Waals surface area contributed by atoms with Crippen molar-refractivity contribution in [2.75, 3.05) is 9.80 Å². The standard InChI is InChI=1S/C66H36N6O2/c1-70-50-20-30-54(31-21-50)72(53-26-16-43(40-69)17-27-53)56-29-19-47-35-58-60(37-49(47)33-56)74-66-64(58)62(45-10-6-3-7-11-45)61(44-8-4-2-5-9-44)63-57-34-46-18-28-55(32-48(46)36-59(57)73-65(63)66)71(51-22-12-41(38-67)13-23-51)52-24-14-42(39-68)15-25-52/h2-37H. The Labute approximate surface area is 424 Å². The van der Waals surface area contributed by atoms with E-state index >= 15 is 0 Å². The fraction of sp³-hybridized carbons (Fsp3) is 0. The van der Waals surface area contributed by atoms with Gasteiger partial charge in [-0.3, -0.25) is 0 Å². The van der Waals surface area contributed by atoms with Crippen LogP contribution in [0.1, 0.15) is 16.7 Å². The molecule has 11 aromatic carbocycles. The number of rotatable bonds is 8. The third kappa shape index (κ3) is 7.20. The lowest BCUT2D eigenvalue weighted by Gasteiger charge is -2.26. The van der Waals surface area contributed by atoms with Crippen LogP contribution in [0.25, 0.3) is 92.5 Å². The first-order valence-corrected chi connectivity index (χ1v) is 23.9. The van der Waals surface area contributed by atoms with E-state index in [2.05, 4.69) is 142 Å². The summed E-state index contributed by atoms with van der Waals surface area (Å²) in [7, 11) is 0. The van der Waals surface area contributed by atoms with Gasteiger partial charge in [-0.15, -0.1) is 0 Å². The van der Waals surface area contributed by atoms with Crippen LogP contribution in [-0.4, -0.2) is 0 Å². The Bertz CT molecular complexity index is 4140. The van der Waals surface area contributed by atoms with E-state index in [1.165, 1.54) is 0 Å². The van der Waals surface area contributed by atoms with E-state index in [4.69, 9.17) is 15.4 Å². The Balaban J connectivity index is 1.05. The topological polar surface area (TPSA) is 108 Å². The van der Waals surface area contributed by atoms with E-state index in [0.29, 0.717) is 44.7 Å². The molecule has 0 unspecified atom stereocenters. The van der Waals surface area contributed by atoms with Gasteiger partial charge in [0.2, 0.25) is 0 Å². The second-order valence-corrected chi connectivity index (χ2v) is 18.1. The monoisotopic (exact) mass is 944 g/mol. The summed E-state index contributed by atoms with van der Waals surface area (Å²) < 4.78 is 14.3. The molecule has 2 aromatic heterocycles. The van der Waals surface area contributed by atoms with Crippen molar-refractivity contribution in [1.29, 1.82) is 15.8 Å². The Morgan fingerprint density at radius 1 is 0.365 bits per heavy atom. The molecule has 0 aliphatic heterocycles. The van der Waals surface area contributed by atoms with E-state index in [0.717, 1.165) is 99.5 Å². The Kier molecular flexibility index (Phi) is 10.2. The lowest BCUT2D eigenvalue weighted by molar-refractivity contribution is 0.634. The molecule has 0 saturated carbocycles. The normalized spacial score (nSPS) is 11.2. The van der Waals surface area contributed by atoms with Crippen molar-refractivity contribution in [2.24, 2.45) is 0 Å². The van der Waals surface area contributed by atoms with Crippen LogP contribution >= 0.6 is 0 Å². The molecule has 0 bridgehead atoms. The summed E-state index contributed by atoms with van der Waals surface area (Å²) in [5.41, 5.74) is 14.4. The fourth-order valence-corrected chi connectivity index (χ4v) is 10.4. The maximum absolute atomic E-state index is 9.60. The highest BCUT2D eigenvalue weighted by atomic mass is 16.4. The molecule has 0 aliphatic carbocycles. The lowest BCUT2D eigenvalue weighted by Crippen LogP contribution is -2.09. The van der Waals surface area contributed by atoms with Crippen molar-refractivity contribution in [3.05, 3.63) is 246 Å². The Morgan fingerprint density at radius 3 is 1.07 bits per heavy atom. The zero-order valence-corrected chi connectivity index (χ0v) is 39.3. The minimum Gasteiger partial charge on any atom is -0.452 e. The first-order valence-electron chi connectivity index (χ1n) is 23.9. The van der Waals surface area contributed by atoms with Crippen LogP contribution in [-0.2, 0) is 0 Å². The second kappa shape index (κ2) is 17.5. The highest BCUT2D eigenvalue weighted by molar-refractivity contribution is 6.31. The number of hydrogen-bond acceptors (Lipinski definition) is 7. The summed E-state index contributed by atoms with van der Waals surface area (Å²) in [5, 5.41) is 36.6. The third-order valence-electron chi connectivity index (χ3n) is 13.9. The second-order valence-electron chi connectivity index (χ2n) is 18.1. The van der Waals surface area contributed by atoms with Gasteiger partial charge in [0.25, 0.3) is 0 Å². The van der Waals surface area contributed by atoms with Gasteiger partial charge in [0.15, 0.2) is 16.9 Å². The van der Waals surface area contributed by atoms with Crippen molar-refractivity contribution < 1.29 is 8.83 Å². The van der Waals surface area contributed by atoms with Crippen molar-refractivity contribution in [2.45, 2.75) is 0 Å². The molecule has 0 N–H and O–H groups in total. The van der Waals surface area contributed by atoms with Crippen LogP contribution in [0.5, 0.6) is 0 Å². The summed E-state index contributed by atoms with van der Waals surface area (Å²) in [6, 6.07) is 79.1. The van der Waals surface area contributed by atoms with Gasteiger partial charge in [-0.05, 0) is 166 Å². The number of benzene rings is 11. The van der Waals surface area contributed by atoms with E-state index in [9.17, 15) is 15.8 Å². The molecule has 74 heavy (non-hydrogen) atoms. The third-order valence-corrected chi connectivity index (χ3v) is 13.9. The van der Waals surface area contributed by atoms with Crippen molar-refractivity contribution in [3.8, 4) is 40.5 Å². The first kappa shape index (κ1) is 43.1. The highest BCUT2D eigenvalue weighted by Crippen LogP contribution is 2.52. The van der Waals surface area contributed by atoms with Crippen molar-refractivity contribution >= 4 is 105 Å². The van der Waals surface area contributed by atoms with Gasteiger partial charge in [-0.25, -0.2) is 4.85 Å². The molecule has 0 saturated heterocycles. The van der Waals surface area contributed by atoms with Gasteiger partial charge in [0, 0.05) is 66.8 Å². The zero-order valence-electron chi connectivity index (χ0n) is 39.3. The molecule has 13 rings (SSSR count). The van der Waals surface area contributed by atoms with E-state index in [1.807, 2.05) is 109 Å². The molecule has 8 nitrogen and oxygen atoms in total. The van der Waals surface area contributed by atoms with Crippen LogP contribution < -0.4 is 9.80 Å². The number of anilines is 6. The van der Waals surface area contributed by atoms with Gasteiger partial charge >= 0.3 is 0 Å². The predicted molar refractivity (Wildman–Crippen MR) is 297 cm³/mol. The van der Waals surface area contributed by atoms with Crippen LogP contribution in [0.4, 0.5) is 39.8 Å². The number of furan rings is 2. The van der Waals surface area contributed by atoms with Crippen LogP contribution in [0.15, 0.2) is 227 Å². The molecular weight excluding hydrogens is 909 g/mol. The number of fused-ring (bicyclic) bond motifs is 9. The largest absolute Gasteiger partial charge is 0.452 e. The predicted octanol–water partition coefficient (Wildman–Crippen LogP) is 18.2. The van der Waals surface area contributed by atoms with E-state index < -0.39 is 0 Å². The SMILES string of the molecule is [C-]#[N+]c1ccc(N(c2ccc(C#N)cc2)c2ccc3cc4c(cc3c2)oc2c3oc5cc6cc(N(c7ccc(C#N)cc7)c7ccc(C#N)cc7)ccc6cc5c3c(-c3ccccc3)c(-c3ccccc3)c42)cc1. The number of hydrogen-bond donors (Lipinski definition) is 0. The molecular formula is C66H36N6O2. The average molecular weight is 945 g/mol. The van der Waals surface area contributed by atoms with Gasteiger partial charge < -0.3 is 18.6 Å². The summed E-state index contributed by atoms with van der Waals surface area (Å²) >= 11 is 0. The average Bonchev–Trinajstić information content (AvgIpc) is 4.12. The van der Waals surface area contributed by atoms with E-state index in [-0.39, 0.29) is 0 Å². The lowest BCUT2D eigenvalue weighted by atomic mass is 9.87. The maximum Gasteiger partial charge on any atom is 0.187 e. The molecule has 8 heteroatoms. The number of nitriles is 3. The van der Waals surface area contributed by atoms with Crippen molar-refractivity contribution in [1.82, 2.24) is 0 Å². The summed E-state index contributed by atoms with van der Waals surface area (Å²) in [6.07, 6.45) is 0. The van der Waals surface area contributed by atoms with Gasteiger partial charge in [0.05, 0.1) is 41.5 Å². The molecule has 0 aliphatic rings. The van der Waals surface area contributed by atoms with Crippen LogP contribution in [0.2, 0.25) is 0 Å². The zero-order chi connectivity index (χ0) is 49.9. The van der Waals surface area contributed by atoms with Gasteiger partial charge in [0.1, 0.15) is 11.2 Å². The molecule has 0 atom stereocenters. The first-order chi connectivity index (χ1) is 36.5. The smallest absolute Gasteiger partial charge is 0.187 e. The summed E-state index contributed by atoms with van der Waals surface area (Å²) in [4.78, 5) is 7.86. The van der Waals surface area contributed by atoms with Crippen LogP contribution in [0.3, 0.4) is 0 Å². The maximum atomic E-state index is 9.60. The Morgan fingerprint density at radius 2 is 0.716 bits per heavy atom. The molecule has 13 aromatic rings. The van der Waals surface area contributed by atoms with Crippen molar-refractivity contribution in [3.63, 3.8) is 0 Å². The number of nitrogens with zero attached hydrogens (tertiary/aromatic N) is 6. The van der Waals surface area contributed by atoms with Gasteiger partial charge in [-0.2, -0.15) is 15.8 Å². The van der Waals surface area contributed by atoms with Crippen LogP contribution in [0, 0.1) is 40.6 Å². The molecule has 0 amide bonds. The fourth-order valence-electron chi connectivity index (χ4n) is 10.4. The minimum absolute atomic E-state index is 0.550. The quantitative estimate of drug-likeness (QED) is 0.140. The Hall–Kier alpha value is -10.9. The highest BCUT2D eigenvalue weighted by Gasteiger charge is 2.28. The summed E-state index contributed by atoms with van der Waals surface area (Å²) in [5.74, 6) is 0. The molecule has 2 heterocycles. The minimum atomic E-state index is 0.550. The molecule has 0 spiro atoms. The molecule has 0 fully saturated rings. The van der Waals surface area contributed by atoms with E-state index in [1.54, 1.807) is 0 Å². The summed E-state index contributed by atoms with van der Waals surface area (Å²) in [6.45, 7) is 7.55. The molecule has 342 valence electrons. The molecule has 0 radical (unpaired) electrons. The van der Waals surface area contributed by atoms with Gasteiger partial charge in [-0.1, -0.05) is 84.9 Å².